The van der Waals surface area contributed by atoms with Crippen LogP contribution >= 0.6 is 0 Å². The van der Waals surface area contributed by atoms with Crippen molar-refractivity contribution in [2.45, 2.75) is 60.8 Å². The van der Waals surface area contributed by atoms with Gasteiger partial charge in [-0.05, 0) is 12.8 Å². The molecular formula is C11H28O. The zero-order chi connectivity index (χ0) is 10.4. The molecule has 1 heteroatoms. The van der Waals surface area contributed by atoms with Crippen LogP contribution in [0.5, 0.6) is 0 Å². The first-order chi connectivity index (χ1) is 5.68. The molecule has 0 radical (unpaired) electrons. The normalized spacial score (nSPS) is 8.00. The summed E-state index contributed by atoms with van der Waals surface area (Å²) in [6.45, 7) is 12.7. The first-order valence-electron chi connectivity index (χ1n) is 5.29. The van der Waals surface area contributed by atoms with Gasteiger partial charge in [-0.15, -0.1) is 0 Å². The van der Waals surface area contributed by atoms with Crippen molar-refractivity contribution in [3.05, 3.63) is 0 Å². The molecule has 0 amide bonds. The van der Waals surface area contributed by atoms with Gasteiger partial charge in [0.1, 0.15) is 0 Å². The summed E-state index contributed by atoms with van der Waals surface area (Å²) in [5.74, 6) is 0.903. The Bertz CT molecular complexity index is 42.3. The number of hydrogen-bond donors (Lipinski definition) is 1. The molecule has 1 nitrogen and oxygen atoms in total. The second-order valence-electron chi connectivity index (χ2n) is 2.85. The number of hydrogen-bond acceptors (Lipinski definition) is 1. The largest absolute Gasteiger partial charge is 0.397 e. The second-order valence-corrected chi connectivity index (χ2v) is 2.85. The third-order valence-electron chi connectivity index (χ3n) is 1.14. The molecule has 1 N–H and O–H groups in total. The maximum absolute atomic E-state index is 7.57. The molecule has 0 saturated heterocycles. The molecule has 78 valence electrons. The van der Waals surface area contributed by atoms with Gasteiger partial charge in [-0.1, -0.05) is 53.9 Å². The van der Waals surface area contributed by atoms with Crippen molar-refractivity contribution in [3.8, 4) is 0 Å². The molecule has 0 rings (SSSR count). The van der Waals surface area contributed by atoms with Crippen molar-refractivity contribution < 1.29 is 5.11 Å². The zero-order valence-corrected chi connectivity index (χ0v) is 9.85. The summed E-state index contributed by atoms with van der Waals surface area (Å²) in [7, 11) is 0. The standard InChI is InChI=1S/C7H16.C2H6O.C2H6/c1-4-5-6-7(2)3;1-2-3;1-2/h7H,4-6H2,1-3H3;3H,2H2,1H3;1-2H3. The van der Waals surface area contributed by atoms with Crippen LogP contribution in [0.1, 0.15) is 60.8 Å². The fraction of sp³-hybridized carbons (Fsp3) is 1.00. The second kappa shape index (κ2) is 22.4. The van der Waals surface area contributed by atoms with Crippen LogP contribution in [0, 0.1) is 5.92 Å². The maximum Gasteiger partial charge on any atom is 0.0402 e. The fourth-order valence-corrected chi connectivity index (χ4v) is 0.612. The smallest absolute Gasteiger partial charge is 0.0402 e. The summed E-state index contributed by atoms with van der Waals surface area (Å²) < 4.78 is 0. The first-order valence-corrected chi connectivity index (χ1v) is 5.29. The number of aliphatic hydroxyl groups is 1. The van der Waals surface area contributed by atoms with Gasteiger partial charge in [0, 0.05) is 6.61 Å². The monoisotopic (exact) mass is 176 g/mol. The van der Waals surface area contributed by atoms with E-state index in [1.165, 1.54) is 19.3 Å². The Kier molecular flexibility index (Phi) is 33.5. The summed E-state index contributed by atoms with van der Waals surface area (Å²) in [4.78, 5) is 0. The minimum absolute atomic E-state index is 0.250. The first kappa shape index (κ1) is 17.9. The van der Waals surface area contributed by atoms with Crippen LogP contribution in [0.3, 0.4) is 0 Å². The molecule has 0 aliphatic carbocycles. The average molecular weight is 176 g/mol. The number of unbranched alkanes of at least 4 members (excludes halogenated alkanes) is 1. The van der Waals surface area contributed by atoms with E-state index < -0.39 is 0 Å². The third-order valence-corrected chi connectivity index (χ3v) is 1.14. The number of rotatable bonds is 3. The molecule has 0 atom stereocenters. The van der Waals surface area contributed by atoms with E-state index in [9.17, 15) is 0 Å². The van der Waals surface area contributed by atoms with E-state index >= 15 is 0 Å². The lowest BCUT2D eigenvalue weighted by Gasteiger charge is -1.98. The lowest BCUT2D eigenvalue weighted by atomic mass is 10.1. The molecule has 0 fully saturated rings. The predicted octanol–water partition coefficient (Wildman–Crippen LogP) is 3.86. The Morgan fingerprint density at radius 2 is 1.42 bits per heavy atom. The van der Waals surface area contributed by atoms with Crippen molar-refractivity contribution in [2.24, 2.45) is 5.92 Å². The molecular weight excluding hydrogens is 148 g/mol. The lowest BCUT2D eigenvalue weighted by Crippen LogP contribution is -1.83. The van der Waals surface area contributed by atoms with Gasteiger partial charge in [0.25, 0.3) is 0 Å². The van der Waals surface area contributed by atoms with Gasteiger partial charge in [-0.25, -0.2) is 0 Å². The van der Waals surface area contributed by atoms with Gasteiger partial charge >= 0.3 is 0 Å². The Morgan fingerprint density at radius 1 is 1.08 bits per heavy atom. The molecule has 0 aromatic carbocycles. The van der Waals surface area contributed by atoms with Crippen LogP contribution in [0.2, 0.25) is 0 Å². The van der Waals surface area contributed by atoms with Crippen LogP contribution in [0.15, 0.2) is 0 Å². The van der Waals surface area contributed by atoms with Gasteiger partial charge in [0.15, 0.2) is 0 Å². The molecule has 0 unspecified atom stereocenters. The van der Waals surface area contributed by atoms with E-state index in [2.05, 4.69) is 20.8 Å². The predicted molar refractivity (Wildman–Crippen MR) is 58.5 cm³/mol. The van der Waals surface area contributed by atoms with Crippen LogP contribution in [0.25, 0.3) is 0 Å². The zero-order valence-electron chi connectivity index (χ0n) is 9.85. The highest BCUT2D eigenvalue weighted by atomic mass is 16.2. The Balaban J connectivity index is -0.000000137. The Morgan fingerprint density at radius 3 is 1.50 bits per heavy atom. The molecule has 0 saturated carbocycles. The van der Waals surface area contributed by atoms with E-state index in [1.54, 1.807) is 6.92 Å². The molecule has 12 heavy (non-hydrogen) atoms. The molecule has 0 aliphatic rings. The van der Waals surface area contributed by atoms with Crippen LogP contribution < -0.4 is 0 Å². The quantitative estimate of drug-likeness (QED) is 0.692. The van der Waals surface area contributed by atoms with Gasteiger partial charge in [0.05, 0.1) is 0 Å². The highest BCUT2D eigenvalue weighted by Gasteiger charge is 1.88. The van der Waals surface area contributed by atoms with E-state index in [1.807, 2.05) is 13.8 Å². The minimum atomic E-state index is 0.250. The van der Waals surface area contributed by atoms with E-state index in [0.29, 0.717) is 0 Å². The van der Waals surface area contributed by atoms with Gasteiger partial charge in [0.2, 0.25) is 0 Å². The van der Waals surface area contributed by atoms with Crippen molar-refractivity contribution in [1.29, 1.82) is 0 Å². The summed E-state index contributed by atoms with van der Waals surface area (Å²) in [6.07, 6.45) is 4.15. The summed E-state index contributed by atoms with van der Waals surface area (Å²) in [6, 6.07) is 0. The maximum atomic E-state index is 7.57. The van der Waals surface area contributed by atoms with Gasteiger partial charge in [-0.2, -0.15) is 0 Å². The number of aliphatic hydroxyl groups excluding tert-OH is 1. The SMILES string of the molecule is CC.CCCCC(C)C.CCO. The highest BCUT2D eigenvalue weighted by molar-refractivity contribution is 4.42. The lowest BCUT2D eigenvalue weighted by molar-refractivity contribution is 0.318. The minimum Gasteiger partial charge on any atom is -0.397 e. The Labute approximate surface area is 79.2 Å². The van der Waals surface area contributed by atoms with Crippen molar-refractivity contribution in [2.75, 3.05) is 6.61 Å². The molecule has 0 heterocycles. The summed E-state index contributed by atoms with van der Waals surface area (Å²) >= 11 is 0. The summed E-state index contributed by atoms with van der Waals surface area (Å²) in [5, 5.41) is 7.57. The van der Waals surface area contributed by atoms with Gasteiger partial charge < -0.3 is 5.11 Å². The van der Waals surface area contributed by atoms with Gasteiger partial charge in [-0.3, -0.25) is 0 Å². The molecule has 0 bridgehead atoms. The van der Waals surface area contributed by atoms with Crippen LogP contribution in [0.4, 0.5) is 0 Å². The van der Waals surface area contributed by atoms with E-state index in [4.69, 9.17) is 5.11 Å². The van der Waals surface area contributed by atoms with Crippen molar-refractivity contribution >= 4 is 0 Å². The van der Waals surface area contributed by atoms with Crippen molar-refractivity contribution in [1.82, 2.24) is 0 Å². The third kappa shape index (κ3) is 51.0. The molecule has 0 aliphatic heterocycles. The average Bonchev–Trinajstić information content (AvgIpc) is 2.06. The molecule has 0 spiro atoms. The van der Waals surface area contributed by atoms with Crippen LogP contribution in [-0.4, -0.2) is 11.7 Å². The van der Waals surface area contributed by atoms with Crippen molar-refractivity contribution in [3.63, 3.8) is 0 Å². The Hall–Kier alpha value is -0.0400. The highest BCUT2D eigenvalue weighted by Crippen LogP contribution is 2.04. The van der Waals surface area contributed by atoms with Crippen LogP contribution in [-0.2, 0) is 0 Å². The van der Waals surface area contributed by atoms with E-state index in [-0.39, 0.29) is 6.61 Å². The topological polar surface area (TPSA) is 20.2 Å². The molecule has 0 aromatic rings. The van der Waals surface area contributed by atoms with E-state index in [0.717, 1.165) is 5.92 Å². The summed E-state index contributed by atoms with van der Waals surface area (Å²) in [5.41, 5.74) is 0. The fourth-order valence-electron chi connectivity index (χ4n) is 0.612. The molecule has 0 aromatic heterocycles.